The molecule has 164 valence electrons. The Labute approximate surface area is 188 Å². The maximum absolute atomic E-state index is 12.1. The molecule has 0 aromatic heterocycles. The van der Waals surface area contributed by atoms with Gasteiger partial charge in [-0.15, -0.1) is 0 Å². The molecule has 2 aromatic rings. The van der Waals surface area contributed by atoms with E-state index in [-0.39, 0.29) is 5.41 Å². The van der Waals surface area contributed by atoms with E-state index in [9.17, 15) is 14.7 Å². The highest BCUT2D eigenvalue weighted by atomic mass is 32.2. The third-order valence-corrected chi connectivity index (χ3v) is 5.77. The van der Waals surface area contributed by atoms with Crippen molar-refractivity contribution in [1.29, 1.82) is 0 Å². The molecule has 0 saturated carbocycles. The number of rotatable bonds is 10. The maximum atomic E-state index is 12.1. The van der Waals surface area contributed by atoms with Crippen molar-refractivity contribution in [2.75, 3.05) is 0 Å². The Balaban J connectivity index is 1.98. The summed E-state index contributed by atoms with van der Waals surface area (Å²) in [5, 5.41) is 9.33. The van der Waals surface area contributed by atoms with E-state index in [1.165, 1.54) is 0 Å². The molecule has 6 heteroatoms. The van der Waals surface area contributed by atoms with Gasteiger partial charge in [0.1, 0.15) is 5.75 Å². The van der Waals surface area contributed by atoms with Gasteiger partial charge in [0.25, 0.3) is 12.3 Å². The van der Waals surface area contributed by atoms with E-state index in [4.69, 9.17) is 8.37 Å². The first kappa shape index (κ1) is 24.3. The quantitative estimate of drug-likeness (QED) is 0.337. The molecule has 0 aliphatic rings. The van der Waals surface area contributed by atoms with Crippen molar-refractivity contribution in [3.63, 3.8) is 0 Å². The standard InChI is InChI=1S/C25H28O5S/c1-6-18-8-10-19(11-9-18)22(26)30-31-29-21-14-12-20(13-15-21)25(5,7-2)17-16-24(3,4)23(27)28/h6,8-17H,1,7H2,2-5H3,(H,27,28)/b17-16+. The number of allylic oxidation sites excluding steroid dienone is 1. The van der Waals surface area contributed by atoms with Gasteiger partial charge in [-0.1, -0.05) is 62.9 Å². The summed E-state index contributed by atoms with van der Waals surface area (Å²) in [5.74, 6) is -0.826. The number of aliphatic carboxylic acids is 1. The molecule has 0 spiro atoms. The van der Waals surface area contributed by atoms with Gasteiger partial charge in [0.15, 0.2) is 0 Å². The zero-order valence-corrected chi connectivity index (χ0v) is 19.1. The molecule has 0 fully saturated rings. The second kappa shape index (κ2) is 10.4. The molecule has 0 bridgehead atoms. The van der Waals surface area contributed by atoms with Crippen LogP contribution in [0.25, 0.3) is 6.08 Å². The van der Waals surface area contributed by atoms with Crippen molar-refractivity contribution in [2.45, 2.75) is 39.5 Å². The third-order valence-electron chi connectivity index (χ3n) is 5.29. The number of hydrogen-bond donors (Lipinski definition) is 1. The molecule has 0 heterocycles. The summed E-state index contributed by atoms with van der Waals surface area (Å²) in [6, 6.07) is 14.3. The Morgan fingerprint density at radius 1 is 1.03 bits per heavy atom. The maximum Gasteiger partial charge on any atom is 0.352 e. The third kappa shape index (κ3) is 6.49. The summed E-state index contributed by atoms with van der Waals surface area (Å²) in [6.07, 6.45) is 6.19. The van der Waals surface area contributed by atoms with Crippen molar-refractivity contribution in [3.8, 4) is 5.75 Å². The van der Waals surface area contributed by atoms with Crippen LogP contribution in [0.1, 0.15) is 55.6 Å². The van der Waals surface area contributed by atoms with Crippen LogP contribution in [0, 0.1) is 5.41 Å². The Kier molecular flexibility index (Phi) is 8.11. The molecular weight excluding hydrogens is 412 g/mol. The van der Waals surface area contributed by atoms with E-state index in [1.807, 2.05) is 18.2 Å². The highest BCUT2D eigenvalue weighted by Gasteiger charge is 2.27. The van der Waals surface area contributed by atoms with Crippen molar-refractivity contribution in [1.82, 2.24) is 0 Å². The minimum Gasteiger partial charge on any atom is -0.481 e. The first-order valence-electron chi connectivity index (χ1n) is 9.93. The minimum absolute atomic E-state index is 0.317. The average molecular weight is 441 g/mol. The van der Waals surface area contributed by atoms with Crippen LogP contribution in [0.3, 0.4) is 0 Å². The number of carboxylic acids is 1. The van der Waals surface area contributed by atoms with Gasteiger partial charge in [0, 0.05) is 5.41 Å². The lowest BCUT2D eigenvalue weighted by molar-refractivity contribution is -0.144. The zero-order valence-electron chi connectivity index (χ0n) is 18.3. The van der Waals surface area contributed by atoms with Gasteiger partial charge >= 0.3 is 11.9 Å². The van der Waals surface area contributed by atoms with Gasteiger partial charge in [-0.25, -0.2) is 4.79 Å². The van der Waals surface area contributed by atoms with E-state index in [0.717, 1.165) is 17.5 Å². The fraction of sp³-hybridized carbons (Fsp3) is 0.280. The molecule has 0 saturated heterocycles. The summed E-state index contributed by atoms with van der Waals surface area (Å²) >= 11 is 0.606. The molecule has 0 radical (unpaired) electrons. The van der Waals surface area contributed by atoms with Crippen molar-refractivity contribution >= 4 is 30.3 Å². The molecule has 31 heavy (non-hydrogen) atoms. The molecule has 5 nitrogen and oxygen atoms in total. The van der Waals surface area contributed by atoms with E-state index in [1.54, 1.807) is 62.4 Å². The van der Waals surface area contributed by atoms with E-state index < -0.39 is 17.4 Å². The van der Waals surface area contributed by atoms with Crippen LogP contribution < -0.4 is 4.18 Å². The SMILES string of the molecule is C=Cc1ccc(C(=O)OSOc2ccc(C(C)(/C=C/C(C)(C)C(=O)O)CC)cc2)cc1. The minimum atomic E-state index is -0.938. The van der Waals surface area contributed by atoms with Crippen molar-refractivity contribution in [2.24, 2.45) is 5.41 Å². The van der Waals surface area contributed by atoms with Gasteiger partial charge < -0.3 is 13.5 Å². The molecule has 1 atom stereocenters. The van der Waals surface area contributed by atoms with Crippen LogP contribution in [0.15, 0.2) is 67.3 Å². The van der Waals surface area contributed by atoms with Gasteiger partial charge in [-0.05, 0) is 55.7 Å². The largest absolute Gasteiger partial charge is 0.481 e. The summed E-state index contributed by atoms with van der Waals surface area (Å²) < 4.78 is 10.5. The second-order valence-corrected chi connectivity index (χ2v) is 8.47. The summed E-state index contributed by atoms with van der Waals surface area (Å²) in [5.41, 5.74) is 1.12. The van der Waals surface area contributed by atoms with Crippen LogP contribution in [0.2, 0.25) is 0 Å². The van der Waals surface area contributed by atoms with Crippen LogP contribution in [-0.4, -0.2) is 17.0 Å². The van der Waals surface area contributed by atoms with Gasteiger partial charge in [0.2, 0.25) is 0 Å². The molecule has 0 aliphatic heterocycles. The lowest BCUT2D eigenvalue weighted by Crippen LogP contribution is -2.24. The molecule has 1 N–H and O–H groups in total. The van der Waals surface area contributed by atoms with Gasteiger partial charge in [0.05, 0.1) is 11.0 Å². The van der Waals surface area contributed by atoms with Crippen LogP contribution in [-0.2, 0) is 14.4 Å². The smallest absolute Gasteiger partial charge is 0.352 e. The Morgan fingerprint density at radius 2 is 1.65 bits per heavy atom. The van der Waals surface area contributed by atoms with Crippen molar-refractivity contribution in [3.05, 3.63) is 84.0 Å². The molecule has 0 aliphatic carbocycles. The summed E-state index contributed by atoms with van der Waals surface area (Å²) in [4.78, 5) is 23.4. The average Bonchev–Trinajstić information content (AvgIpc) is 2.78. The molecule has 2 rings (SSSR count). The summed E-state index contributed by atoms with van der Waals surface area (Å²) in [7, 11) is 0. The molecular formula is C25H28O5S. The van der Waals surface area contributed by atoms with Gasteiger partial charge in [-0.2, -0.15) is 0 Å². The number of hydrogen-bond acceptors (Lipinski definition) is 5. The molecule has 1 unspecified atom stereocenters. The fourth-order valence-electron chi connectivity index (χ4n) is 2.66. The molecule has 2 aromatic carbocycles. The van der Waals surface area contributed by atoms with Crippen molar-refractivity contribution < 1.29 is 23.1 Å². The van der Waals surface area contributed by atoms with Gasteiger partial charge in [-0.3, -0.25) is 4.79 Å². The number of carbonyl (C=O) groups excluding carboxylic acids is 1. The Hall–Kier alpha value is -2.99. The van der Waals surface area contributed by atoms with Crippen LogP contribution in [0.4, 0.5) is 0 Å². The van der Waals surface area contributed by atoms with E-state index in [0.29, 0.717) is 23.6 Å². The van der Waals surface area contributed by atoms with E-state index in [2.05, 4.69) is 20.4 Å². The lowest BCUT2D eigenvalue weighted by atomic mass is 9.77. The second-order valence-electron chi connectivity index (χ2n) is 8.00. The highest BCUT2D eigenvalue weighted by molar-refractivity contribution is 7.90. The van der Waals surface area contributed by atoms with Crippen LogP contribution >= 0.6 is 12.3 Å². The predicted octanol–water partition coefficient (Wildman–Crippen LogP) is 6.46. The monoisotopic (exact) mass is 440 g/mol. The highest BCUT2D eigenvalue weighted by Crippen LogP contribution is 2.33. The zero-order chi connectivity index (χ0) is 23.1. The Bertz CT molecular complexity index is 945. The first-order valence-corrected chi connectivity index (χ1v) is 10.6. The molecule has 0 amide bonds. The number of carboxylic acid groups (broad SMARTS) is 1. The van der Waals surface area contributed by atoms with E-state index >= 15 is 0 Å². The normalized spacial score (nSPS) is 13.4. The summed E-state index contributed by atoms with van der Waals surface area (Å²) in [6.45, 7) is 11.1. The Morgan fingerprint density at radius 3 is 2.16 bits per heavy atom. The number of benzene rings is 2. The first-order chi connectivity index (χ1) is 14.6. The lowest BCUT2D eigenvalue weighted by Gasteiger charge is -2.27. The topological polar surface area (TPSA) is 72.8 Å². The number of carbonyl (C=O) groups is 2. The fourth-order valence-corrected chi connectivity index (χ4v) is 3.05. The van der Waals surface area contributed by atoms with Crippen LogP contribution in [0.5, 0.6) is 5.75 Å². The predicted molar refractivity (Wildman–Crippen MR) is 125 cm³/mol.